The molecular weight excluding hydrogens is 656 g/mol. The molecule has 11 heteroatoms. The average molecular weight is 688 g/mol. The SMILES string of the molecule is CCOC(=O)C1=C(C)NC(=S)N[C@H]1c1ccccc1OCC(=O)NN=Cc1cc(Br)ccc1OCc1cccc2ccccc12. The van der Waals surface area contributed by atoms with Gasteiger partial charge < -0.3 is 24.8 Å². The van der Waals surface area contributed by atoms with Crippen LogP contribution in [0.15, 0.2) is 106 Å². The molecule has 1 atom stereocenters. The Bertz CT molecular complexity index is 1800. The van der Waals surface area contributed by atoms with Gasteiger partial charge in [0.2, 0.25) is 0 Å². The van der Waals surface area contributed by atoms with E-state index >= 15 is 0 Å². The van der Waals surface area contributed by atoms with Crippen LogP contribution in [0.5, 0.6) is 11.5 Å². The summed E-state index contributed by atoms with van der Waals surface area (Å²) < 4.78 is 18.2. The molecule has 1 amide bonds. The lowest BCUT2D eigenvalue weighted by Crippen LogP contribution is -2.45. The van der Waals surface area contributed by atoms with Gasteiger partial charge in [-0.15, -0.1) is 0 Å². The number of halogens is 1. The Balaban J connectivity index is 1.24. The van der Waals surface area contributed by atoms with E-state index in [1.54, 1.807) is 32.0 Å². The molecule has 45 heavy (non-hydrogen) atoms. The van der Waals surface area contributed by atoms with Crippen molar-refractivity contribution in [1.82, 2.24) is 16.1 Å². The molecule has 5 rings (SSSR count). The number of hydrogen-bond acceptors (Lipinski definition) is 7. The Morgan fingerprint density at radius 3 is 2.62 bits per heavy atom. The van der Waals surface area contributed by atoms with Gasteiger partial charge in [-0.05, 0) is 66.7 Å². The van der Waals surface area contributed by atoms with Crippen LogP contribution >= 0.6 is 28.1 Å². The molecular formula is C34H31BrN4O5S. The van der Waals surface area contributed by atoms with Gasteiger partial charge in [0.1, 0.15) is 18.1 Å². The summed E-state index contributed by atoms with van der Waals surface area (Å²) in [5, 5.41) is 12.9. The third-order valence-electron chi connectivity index (χ3n) is 6.98. The van der Waals surface area contributed by atoms with E-state index < -0.39 is 17.9 Å². The number of para-hydroxylation sites is 1. The van der Waals surface area contributed by atoms with Gasteiger partial charge in [-0.2, -0.15) is 5.10 Å². The second kappa shape index (κ2) is 14.8. The van der Waals surface area contributed by atoms with E-state index in [4.69, 9.17) is 26.4 Å². The number of rotatable bonds is 11. The van der Waals surface area contributed by atoms with Crippen LogP contribution in [-0.2, 0) is 20.9 Å². The molecule has 1 aliphatic heterocycles. The number of esters is 1. The molecule has 0 spiro atoms. The summed E-state index contributed by atoms with van der Waals surface area (Å²) in [6.45, 7) is 3.78. The molecule has 0 saturated carbocycles. The summed E-state index contributed by atoms with van der Waals surface area (Å²) in [7, 11) is 0. The molecule has 4 aromatic rings. The number of carbonyl (C=O) groups is 2. The topological polar surface area (TPSA) is 110 Å². The van der Waals surface area contributed by atoms with Crippen molar-refractivity contribution in [3.63, 3.8) is 0 Å². The van der Waals surface area contributed by atoms with E-state index in [1.165, 1.54) is 6.21 Å². The number of allylic oxidation sites excluding steroid dienone is 1. The number of nitrogens with one attached hydrogen (secondary N) is 3. The van der Waals surface area contributed by atoms with Crippen molar-refractivity contribution in [1.29, 1.82) is 0 Å². The van der Waals surface area contributed by atoms with Crippen molar-refractivity contribution >= 4 is 62.1 Å². The number of hydrogen-bond donors (Lipinski definition) is 3. The maximum absolute atomic E-state index is 12.8. The van der Waals surface area contributed by atoms with Gasteiger partial charge in [0.05, 0.1) is 24.4 Å². The van der Waals surface area contributed by atoms with Crippen LogP contribution in [0.2, 0.25) is 0 Å². The summed E-state index contributed by atoms with van der Waals surface area (Å²) in [5.74, 6) is 0.0739. The second-order valence-electron chi connectivity index (χ2n) is 10.0. The van der Waals surface area contributed by atoms with Crippen LogP contribution < -0.4 is 25.5 Å². The maximum atomic E-state index is 12.8. The minimum atomic E-state index is -0.626. The third kappa shape index (κ3) is 7.86. The fourth-order valence-electron chi connectivity index (χ4n) is 4.93. The van der Waals surface area contributed by atoms with Crippen molar-refractivity contribution in [2.24, 2.45) is 5.10 Å². The number of carbonyl (C=O) groups excluding carboxylic acids is 2. The summed E-state index contributed by atoms with van der Waals surface area (Å²) in [5.41, 5.74) is 5.83. The summed E-state index contributed by atoms with van der Waals surface area (Å²) in [6.07, 6.45) is 1.52. The van der Waals surface area contributed by atoms with Crippen LogP contribution in [0.3, 0.4) is 0 Å². The summed E-state index contributed by atoms with van der Waals surface area (Å²) in [4.78, 5) is 25.5. The van der Waals surface area contributed by atoms with Crippen molar-refractivity contribution in [3.8, 4) is 11.5 Å². The van der Waals surface area contributed by atoms with Crippen LogP contribution in [0.25, 0.3) is 10.8 Å². The lowest BCUT2D eigenvalue weighted by atomic mass is 9.95. The monoisotopic (exact) mass is 686 g/mol. The zero-order valence-electron chi connectivity index (χ0n) is 24.6. The van der Waals surface area contributed by atoms with Gasteiger partial charge in [-0.3, -0.25) is 4.79 Å². The van der Waals surface area contributed by atoms with Crippen molar-refractivity contribution in [3.05, 3.63) is 117 Å². The van der Waals surface area contributed by atoms with E-state index in [9.17, 15) is 9.59 Å². The zero-order valence-corrected chi connectivity index (χ0v) is 27.0. The molecule has 0 bridgehead atoms. The molecule has 0 unspecified atom stereocenters. The molecule has 0 aromatic heterocycles. The minimum Gasteiger partial charge on any atom is -0.488 e. The summed E-state index contributed by atoms with van der Waals surface area (Å²) >= 11 is 8.83. The van der Waals surface area contributed by atoms with Gasteiger partial charge in [-0.25, -0.2) is 10.2 Å². The standard InChI is InChI=1S/C34H31BrN4O5S/c1-3-42-33(41)31-21(2)37-34(45)38-32(31)27-13-6-7-14-29(27)44-20-30(40)39-36-18-24-17-25(35)15-16-28(24)43-19-23-11-8-10-22-9-4-5-12-26(22)23/h4-18,32H,3,19-20H2,1-2H3,(H,39,40)(H2,37,38,45)/t32-/m0/s1. The number of benzene rings is 4. The number of fused-ring (bicyclic) bond motifs is 1. The first kappa shape index (κ1) is 31.7. The Kier molecular flexibility index (Phi) is 10.4. The molecule has 1 heterocycles. The van der Waals surface area contributed by atoms with Gasteiger partial charge in [-0.1, -0.05) is 76.6 Å². The first-order valence-electron chi connectivity index (χ1n) is 14.2. The molecule has 0 saturated heterocycles. The number of ether oxygens (including phenoxy) is 3. The van der Waals surface area contributed by atoms with Gasteiger partial charge in [0.25, 0.3) is 5.91 Å². The van der Waals surface area contributed by atoms with Crippen molar-refractivity contribution in [2.45, 2.75) is 26.5 Å². The highest BCUT2D eigenvalue weighted by molar-refractivity contribution is 9.10. The Hall–Kier alpha value is -4.74. The van der Waals surface area contributed by atoms with Crippen molar-refractivity contribution < 1.29 is 23.8 Å². The number of hydrazone groups is 1. The fourth-order valence-corrected chi connectivity index (χ4v) is 5.58. The normalized spacial score (nSPS) is 14.6. The van der Waals surface area contributed by atoms with Crippen LogP contribution in [0, 0.1) is 0 Å². The first-order valence-corrected chi connectivity index (χ1v) is 15.4. The molecule has 3 N–H and O–H groups in total. The predicted octanol–water partition coefficient (Wildman–Crippen LogP) is 6.07. The van der Waals surface area contributed by atoms with E-state index in [1.807, 2.05) is 48.5 Å². The molecule has 1 aliphatic rings. The molecule has 0 fully saturated rings. The maximum Gasteiger partial charge on any atom is 0.338 e. The fraction of sp³-hybridized carbons (Fsp3) is 0.176. The molecule has 4 aromatic carbocycles. The highest BCUT2D eigenvalue weighted by Crippen LogP contribution is 2.33. The van der Waals surface area contributed by atoms with Gasteiger partial charge >= 0.3 is 5.97 Å². The third-order valence-corrected chi connectivity index (χ3v) is 7.69. The zero-order chi connectivity index (χ0) is 31.8. The number of nitrogens with zero attached hydrogens (tertiary/aromatic N) is 1. The lowest BCUT2D eigenvalue weighted by Gasteiger charge is -2.30. The smallest absolute Gasteiger partial charge is 0.338 e. The van der Waals surface area contributed by atoms with Crippen molar-refractivity contribution in [2.75, 3.05) is 13.2 Å². The first-order chi connectivity index (χ1) is 21.8. The molecule has 0 aliphatic carbocycles. The highest BCUT2D eigenvalue weighted by atomic mass is 79.9. The van der Waals surface area contributed by atoms with Gasteiger partial charge in [0.15, 0.2) is 11.7 Å². The van der Waals surface area contributed by atoms with Crippen LogP contribution in [-0.4, -0.2) is 36.4 Å². The number of thiocarbonyl (C=S) groups is 1. The lowest BCUT2D eigenvalue weighted by molar-refractivity contribution is -0.139. The average Bonchev–Trinajstić information content (AvgIpc) is 3.03. The van der Waals surface area contributed by atoms with Crippen LogP contribution in [0.1, 0.15) is 36.6 Å². The summed E-state index contributed by atoms with van der Waals surface area (Å²) in [6, 6.07) is 26.4. The minimum absolute atomic E-state index is 0.226. The van der Waals surface area contributed by atoms with E-state index in [-0.39, 0.29) is 13.2 Å². The van der Waals surface area contributed by atoms with E-state index in [0.29, 0.717) is 45.6 Å². The molecule has 0 radical (unpaired) electrons. The molecule has 9 nitrogen and oxygen atoms in total. The molecule has 230 valence electrons. The Morgan fingerprint density at radius 2 is 1.78 bits per heavy atom. The Labute approximate surface area is 274 Å². The second-order valence-corrected chi connectivity index (χ2v) is 11.3. The highest BCUT2D eigenvalue weighted by Gasteiger charge is 2.32. The van der Waals surface area contributed by atoms with Crippen LogP contribution in [0.4, 0.5) is 0 Å². The van der Waals surface area contributed by atoms with Gasteiger partial charge in [0, 0.05) is 21.3 Å². The predicted molar refractivity (Wildman–Crippen MR) is 181 cm³/mol. The quantitative estimate of drug-likeness (QED) is 0.0756. The Morgan fingerprint density at radius 1 is 1.00 bits per heavy atom. The van der Waals surface area contributed by atoms with E-state index in [2.05, 4.69) is 55.3 Å². The number of amides is 1. The largest absolute Gasteiger partial charge is 0.488 e. The van der Waals surface area contributed by atoms with E-state index in [0.717, 1.165) is 20.8 Å².